The van der Waals surface area contributed by atoms with Crippen LogP contribution in [0.1, 0.15) is 18.2 Å². The topological polar surface area (TPSA) is 77.3 Å². The summed E-state index contributed by atoms with van der Waals surface area (Å²) in [6, 6.07) is 7.62. The summed E-state index contributed by atoms with van der Waals surface area (Å²) in [6.07, 6.45) is 2.39. The molecule has 0 unspecified atom stereocenters. The van der Waals surface area contributed by atoms with Gasteiger partial charge in [-0.05, 0) is 31.5 Å². The standard InChI is InChI=1S/C19H27N3O4.HI/c1-5-20-19(22-13-15-7-6-12-26-15)21-11-10-14-8-9-16(23-2)18(25-4)17(14)24-3;/h6-9,12H,5,10-11,13H2,1-4H3,(H2,20,21,22);1H. The number of furan rings is 1. The third-order valence-electron chi connectivity index (χ3n) is 3.79. The Balaban J connectivity index is 0.00000364. The first kappa shape index (κ1) is 22.9. The van der Waals surface area contributed by atoms with Crippen LogP contribution < -0.4 is 24.8 Å². The quantitative estimate of drug-likeness (QED) is 0.320. The second-order valence-electron chi connectivity index (χ2n) is 5.44. The minimum atomic E-state index is 0. The summed E-state index contributed by atoms with van der Waals surface area (Å²) in [4.78, 5) is 4.52. The van der Waals surface area contributed by atoms with Crippen molar-refractivity contribution in [1.29, 1.82) is 0 Å². The summed E-state index contributed by atoms with van der Waals surface area (Å²) in [7, 11) is 4.84. The van der Waals surface area contributed by atoms with Crippen LogP contribution in [-0.2, 0) is 13.0 Å². The van der Waals surface area contributed by atoms with Crippen LogP contribution in [0.3, 0.4) is 0 Å². The number of ether oxygens (including phenoxy) is 3. The van der Waals surface area contributed by atoms with E-state index in [1.54, 1.807) is 27.6 Å². The molecule has 1 aromatic heterocycles. The zero-order chi connectivity index (χ0) is 18.8. The molecule has 7 nitrogen and oxygen atoms in total. The summed E-state index contributed by atoms with van der Waals surface area (Å²) in [6.45, 7) is 3.99. The molecule has 8 heteroatoms. The first-order chi connectivity index (χ1) is 12.7. The number of hydrogen-bond acceptors (Lipinski definition) is 5. The van der Waals surface area contributed by atoms with Gasteiger partial charge >= 0.3 is 0 Å². The van der Waals surface area contributed by atoms with E-state index in [0.29, 0.717) is 30.3 Å². The zero-order valence-corrected chi connectivity index (χ0v) is 18.5. The first-order valence-electron chi connectivity index (χ1n) is 8.55. The van der Waals surface area contributed by atoms with Crippen LogP contribution in [-0.4, -0.2) is 40.4 Å². The van der Waals surface area contributed by atoms with Crippen molar-refractivity contribution >= 4 is 29.9 Å². The fraction of sp³-hybridized carbons (Fsp3) is 0.421. The van der Waals surface area contributed by atoms with Crippen molar-refractivity contribution in [3.05, 3.63) is 41.9 Å². The summed E-state index contributed by atoms with van der Waals surface area (Å²) >= 11 is 0. The molecule has 0 fully saturated rings. The molecule has 0 radical (unpaired) electrons. The molecular formula is C19H28IN3O4. The van der Waals surface area contributed by atoms with Crippen molar-refractivity contribution in [2.75, 3.05) is 34.4 Å². The average Bonchev–Trinajstić information content (AvgIpc) is 3.18. The maximum absolute atomic E-state index is 5.52. The lowest BCUT2D eigenvalue weighted by atomic mass is 10.1. The molecule has 0 spiro atoms. The van der Waals surface area contributed by atoms with E-state index in [1.165, 1.54) is 0 Å². The molecular weight excluding hydrogens is 461 g/mol. The number of nitrogens with zero attached hydrogens (tertiary/aromatic N) is 1. The van der Waals surface area contributed by atoms with Crippen LogP contribution in [0.2, 0.25) is 0 Å². The Morgan fingerprint density at radius 2 is 1.81 bits per heavy atom. The Kier molecular flexibility index (Phi) is 10.5. The summed E-state index contributed by atoms with van der Waals surface area (Å²) < 4.78 is 21.6. The van der Waals surface area contributed by atoms with E-state index in [4.69, 9.17) is 18.6 Å². The number of methoxy groups -OCH3 is 3. The van der Waals surface area contributed by atoms with Gasteiger partial charge in [0.25, 0.3) is 0 Å². The molecule has 0 amide bonds. The van der Waals surface area contributed by atoms with E-state index in [1.807, 2.05) is 31.2 Å². The van der Waals surface area contributed by atoms with E-state index < -0.39 is 0 Å². The molecule has 0 atom stereocenters. The van der Waals surface area contributed by atoms with E-state index in [0.717, 1.165) is 30.2 Å². The Bertz CT molecular complexity index is 705. The molecule has 27 heavy (non-hydrogen) atoms. The van der Waals surface area contributed by atoms with Crippen LogP contribution in [0.25, 0.3) is 0 Å². The van der Waals surface area contributed by atoms with Crippen LogP contribution in [0.15, 0.2) is 39.9 Å². The molecule has 2 aromatic rings. The molecule has 2 N–H and O–H groups in total. The summed E-state index contributed by atoms with van der Waals surface area (Å²) in [5.74, 6) is 3.50. The zero-order valence-electron chi connectivity index (χ0n) is 16.2. The van der Waals surface area contributed by atoms with Crippen molar-refractivity contribution in [2.45, 2.75) is 19.9 Å². The molecule has 0 aliphatic heterocycles. The van der Waals surface area contributed by atoms with E-state index in [2.05, 4.69) is 15.6 Å². The lowest BCUT2D eigenvalue weighted by Gasteiger charge is -2.16. The molecule has 0 saturated carbocycles. The minimum absolute atomic E-state index is 0. The number of nitrogens with one attached hydrogen (secondary N) is 2. The molecule has 0 aliphatic rings. The van der Waals surface area contributed by atoms with Crippen LogP contribution in [0.4, 0.5) is 0 Å². The monoisotopic (exact) mass is 489 g/mol. The van der Waals surface area contributed by atoms with Gasteiger partial charge in [0.1, 0.15) is 12.3 Å². The van der Waals surface area contributed by atoms with Gasteiger partial charge < -0.3 is 29.3 Å². The van der Waals surface area contributed by atoms with Gasteiger partial charge in [-0.25, -0.2) is 4.99 Å². The molecule has 0 saturated heterocycles. The van der Waals surface area contributed by atoms with Crippen LogP contribution >= 0.6 is 24.0 Å². The van der Waals surface area contributed by atoms with Crippen LogP contribution in [0, 0.1) is 0 Å². The van der Waals surface area contributed by atoms with Gasteiger partial charge in [-0.3, -0.25) is 0 Å². The van der Waals surface area contributed by atoms with Crippen molar-refractivity contribution in [3.8, 4) is 17.2 Å². The van der Waals surface area contributed by atoms with Gasteiger partial charge in [0.05, 0.1) is 27.6 Å². The molecule has 1 heterocycles. The van der Waals surface area contributed by atoms with Gasteiger partial charge in [-0.1, -0.05) is 6.07 Å². The molecule has 0 aliphatic carbocycles. The predicted octanol–water partition coefficient (Wildman–Crippen LogP) is 3.22. The van der Waals surface area contributed by atoms with Gasteiger partial charge in [-0.2, -0.15) is 0 Å². The van der Waals surface area contributed by atoms with Gasteiger partial charge in [0, 0.05) is 18.7 Å². The molecule has 2 rings (SSSR count). The number of benzene rings is 1. The summed E-state index contributed by atoms with van der Waals surface area (Å²) in [5.41, 5.74) is 1.03. The minimum Gasteiger partial charge on any atom is -0.493 e. The lowest BCUT2D eigenvalue weighted by molar-refractivity contribution is 0.322. The molecule has 150 valence electrons. The smallest absolute Gasteiger partial charge is 0.203 e. The highest BCUT2D eigenvalue weighted by molar-refractivity contribution is 14.0. The molecule has 1 aromatic carbocycles. The van der Waals surface area contributed by atoms with E-state index in [-0.39, 0.29) is 24.0 Å². The second-order valence-corrected chi connectivity index (χ2v) is 5.44. The maximum Gasteiger partial charge on any atom is 0.203 e. The lowest BCUT2D eigenvalue weighted by Crippen LogP contribution is -2.38. The number of aliphatic imine (C=N–C) groups is 1. The fourth-order valence-electron chi connectivity index (χ4n) is 2.58. The first-order valence-corrected chi connectivity index (χ1v) is 8.55. The Morgan fingerprint density at radius 3 is 2.41 bits per heavy atom. The average molecular weight is 489 g/mol. The Morgan fingerprint density at radius 1 is 1.04 bits per heavy atom. The number of rotatable bonds is 9. The SMILES string of the molecule is CCNC(=NCc1ccco1)NCCc1ccc(OC)c(OC)c1OC.I. The highest BCUT2D eigenvalue weighted by atomic mass is 127. The highest BCUT2D eigenvalue weighted by Gasteiger charge is 2.15. The third-order valence-corrected chi connectivity index (χ3v) is 3.79. The normalized spacial score (nSPS) is 10.7. The maximum atomic E-state index is 5.52. The van der Waals surface area contributed by atoms with Gasteiger partial charge in [-0.15, -0.1) is 24.0 Å². The Hall–Kier alpha value is -2.10. The largest absolute Gasteiger partial charge is 0.493 e. The van der Waals surface area contributed by atoms with Crippen molar-refractivity contribution < 1.29 is 18.6 Å². The van der Waals surface area contributed by atoms with Gasteiger partial charge in [0.2, 0.25) is 5.75 Å². The predicted molar refractivity (Wildman–Crippen MR) is 117 cm³/mol. The summed E-state index contributed by atoms with van der Waals surface area (Å²) in [5, 5.41) is 6.54. The van der Waals surface area contributed by atoms with Crippen molar-refractivity contribution in [2.24, 2.45) is 4.99 Å². The van der Waals surface area contributed by atoms with Crippen LogP contribution in [0.5, 0.6) is 17.2 Å². The fourth-order valence-corrected chi connectivity index (χ4v) is 2.58. The highest BCUT2D eigenvalue weighted by Crippen LogP contribution is 2.39. The Labute approximate surface area is 177 Å². The van der Waals surface area contributed by atoms with Crippen molar-refractivity contribution in [3.63, 3.8) is 0 Å². The number of hydrogen-bond donors (Lipinski definition) is 2. The number of halogens is 1. The van der Waals surface area contributed by atoms with Gasteiger partial charge in [0.15, 0.2) is 17.5 Å². The van der Waals surface area contributed by atoms with Crippen molar-refractivity contribution in [1.82, 2.24) is 10.6 Å². The van der Waals surface area contributed by atoms with E-state index in [9.17, 15) is 0 Å². The molecule has 0 bridgehead atoms. The number of guanidine groups is 1. The van der Waals surface area contributed by atoms with E-state index >= 15 is 0 Å². The third kappa shape index (κ3) is 6.53. The second kappa shape index (κ2) is 12.3.